The van der Waals surface area contributed by atoms with Crippen LogP contribution in [0, 0.1) is 35.5 Å². The van der Waals surface area contributed by atoms with Crippen LogP contribution in [-0.4, -0.2) is 11.2 Å². The van der Waals surface area contributed by atoms with Gasteiger partial charge >= 0.3 is 0 Å². The van der Waals surface area contributed by atoms with Crippen LogP contribution in [0.2, 0.25) is 0 Å². The molecule has 0 aliphatic heterocycles. The van der Waals surface area contributed by atoms with Crippen molar-refractivity contribution in [1.29, 1.82) is 0 Å². The summed E-state index contributed by atoms with van der Waals surface area (Å²) in [6.07, 6.45) is 10.8. The van der Waals surface area contributed by atoms with Gasteiger partial charge in [0.05, 0.1) is 6.10 Å². The molecule has 104 valence electrons. The van der Waals surface area contributed by atoms with Gasteiger partial charge in [0.1, 0.15) is 0 Å². The van der Waals surface area contributed by atoms with Gasteiger partial charge in [0.15, 0.2) is 0 Å². The van der Waals surface area contributed by atoms with Crippen molar-refractivity contribution in [3.05, 3.63) is 0 Å². The monoisotopic (exact) mass is 250 g/mol. The quantitative estimate of drug-likeness (QED) is 0.773. The van der Waals surface area contributed by atoms with Crippen LogP contribution in [0.4, 0.5) is 0 Å². The highest BCUT2D eigenvalue weighted by molar-refractivity contribution is 5.00. The molecule has 0 aromatic rings. The minimum atomic E-state index is 0.00454. The zero-order valence-electron chi connectivity index (χ0n) is 12.1. The maximum absolute atomic E-state index is 10.7. The molecule has 0 aromatic carbocycles. The summed E-state index contributed by atoms with van der Waals surface area (Å²) in [5.41, 5.74) is 0. The first-order valence-electron chi connectivity index (χ1n) is 8.39. The fourth-order valence-corrected chi connectivity index (χ4v) is 5.72. The normalized spacial score (nSPS) is 43.7. The first kappa shape index (κ1) is 13.0. The average molecular weight is 250 g/mol. The fourth-order valence-electron chi connectivity index (χ4n) is 5.72. The first-order valence-corrected chi connectivity index (χ1v) is 8.39. The Kier molecular flexibility index (Phi) is 3.71. The van der Waals surface area contributed by atoms with Crippen LogP contribution in [0.15, 0.2) is 0 Å². The predicted molar refractivity (Wildman–Crippen MR) is 75.2 cm³/mol. The lowest BCUT2D eigenvalue weighted by Crippen LogP contribution is -2.49. The molecule has 4 aliphatic carbocycles. The topological polar surface area (TPSA) is 20.2 Å². The Morgan fingerprint density at radius 1 is 0.889 bits per heavy atom. The van der Waals surface area contributed by atoms with E-state index in [-0.39, 0.29) is 6.10 Å². The van der Waals surface area contributed by atoms with Gasteiger partial charge in [-0.25, -0.2) is 0 Å². The minimum absolute atomic E-state index is 0.00454. The molecule has 0 spiro atoms. The zero-order chi connectivity index (χ0) is 12.7. The molecule has 0 radical (unpaired) electrons. The summed E-state index contributed by atoms with van der Waals surface area (Å²) in [7, 11) is 0. The molecule has 1 nitrogen and oxygen atoms in total. The number of hydrogen-bond acceptors (Lipinski definition) is 1. The molecule has 4 fully saturated rings. The molecule has 1 N–H and O–H groups in total. The van der Waals surface area contributed by atoms with Crippen molar-refractivity contribution in [2.75, 3.05) is 0 Å². The molecule has 1 unspecified atom stereocenters. The molecule has 4 rings (SSSR count). The molecular formula is C17H30O. The lowest BCUT2D eigenvalue weighted by molar-refractivity contribution is -0.0948. The highest BCUT2D eigenvalue weighted by Gasteiger charge is 2.50. The highest BCUT2D eigenvalue weighted by Crippen LogP contribution is 2.57. The second-order valence-electron chi connectivity index (χ2n) is 7.49. The molecule has 1 atom stereocenters. The molecule has 4 saturated carbocycles. The standard InChI is InChI=1S/C17H30O/c1-3-11(4-2)10-16(18)17-14-6-12-5-13(8-14)9-15(17)7-12/h11-18H,3-10H2,1-2H3. The van der Waals surface area contributed by atoms with E-state index in [2.05, 4.69) is 13.8 Å². The summed E-state index contributed by atoms with van der Waals surface area (Å²) in [5.74, 6) is 5.24. The molecule has 0 saturated heterocycles. The van der Waals surface area contributed by atoms with Crippen LogP contribution in [0.3, 0.4) is 0 Å². The van der Waals surface area contributed by atoms with Gasteiger partial charge in [-0.2, -0.15) is 0 Å². The smallest absolute Gasteiger partial charge is 0.0576 e. The van der Waals surface area contributed by atoms with Gasteiger partial charge in [-0.15, -0.1) is 0 Å². The first-order chi connectivity index (χ1) is 8.71. The van der Waals surface area contributed by atoms with E-state index in [9.17, 15) is 5.11 Å². The van der Waals surface area contributed by atoms with Crippen LogP contribution in [0.25, 0.3) is 0 Å². The van der Waals surface area contributed by atoms with Gasteiger partial charge < -0.3 is 5.11 Å². The Labute approximate surface area is 112 Å². The maximum atomic E-state index is 10.7. The zero-order valence-corrected chi connectivity index (χ0v) is 12.1. The van der Waals surface area contributed by atoms with Gasteiger partial charge in [0.2, 0.25) is 0 Å². The number of aliphatic hydroxyl groups excluding tert-OH is 1. The molecule has 1 heteroatoms. The van der Waals surface area contributed by atoms with Crippen molar-refractivity contribution >= 4 is 0 Å². The Morgan fingerprint density at radius 3 is 1.83 bits per heavy atom. The summed E-state index contributed by atoms with van der Waals surface area (Å²) >= 11 is 0. The van der Waals surface area contributed by atoms with Gasteiger partial charge in [0.25, 0.3) is 0 Å². The van der Waals surface area contributed by atoms with Crippen LogP contribution in [-0.2, 0) is 0 Å². The summed E-state index contributed by atoms with van der Waals surface area (Å²) in [6, 6.07) is 0. The van der Waals surface area contributed by atoms with Crippen molar-refractivity contribution in [3.8, 4) is 0 Å². The SMILES string of the molecule is CCC(CC)CC(O)C1C2CC3CC(C2)CC1C3. The van der Waals surface area contributed by atoms with E-state index >= 15 is 0 Å². The second-order valence-corrected chi connectivity index (χ2v) is 7.49. The fraction of sp³-hybridized carbons (Fsp3) is 1.00. The average Bonchev–Trinajstić information content (AvgIpc) is 2.34. The van der Waals surface area contributed by atoms with Crippen LogP contribution in [0.5, 0.6) is 0 Å². The van der Waals surface area contributed by atoms with Gasteiger partial charge in [-0.3, -0.25) is 0 Å². The van der Waals surface area contributed by atoms with E-state index in [0.717, 1.165) is 36.0 Å². The van der Waals surface area contributed by atoms with Gasteiger partial charge in [-0.05, 0) is 74.0 Å². The van der Waals surface area contributed by atoms with Crippen molar-refractivity contribution in [1.82, 2.24) is 0 Å². The van der Waals surface area contributed by atoms with E-state index < -0.39 is 0 Å². The third-order valence-electron chi connectivity index (χ3n) is 6.47. The van der Waals surface area contributed by atoms with E-state index in [0.29, 0.717) is 5.92 Å². The Morgan fingerprint density at radius 2 is 1.39 bits per heavy atom. The third kappa shape index (κ3) is 2.24. The molecule has 4 aliphatic rings. The molecule has 18 heavy (non-hydrogen) atoms. The van der Waals surface area contributed by atoms with Crippen molar-refractivity contribution < 1.29 is 5.11 Å². The lowest BCUT2D eigenvalue weighted by Gasteiger charge is -2.56. The Hall–Kier alpha value is -0.0400. The van der Waals surface area contributed by atoms with Crippen molar-refractivity contribution in [3.63, 3.8) is 0 Å². The van der Waals surface area contributed by atoms with Crippen molar-refractivity contribution in [2.24, 2.45) is 35.5 Å². The van der Waals surface area contributed by atoms with E-state index in [4.69, 9.17) is 0 Å². The highest BCUT2D eigenvalue weighted by atomic mass is 16.3. The molecule has 0 aromatic heterocycles. The van der Waals surface area contributed by atoms with Crippen LogP contribution in [0.1, 0.15) is 65.2 Å². The summed E-state index contributed by atoms with van der Waals surface area (Å²) in [5, 5.41) is 10.7. The van der Waals surface area contributed by atoms with Gasteiger partial charge in [0, 0.05) is 0 Å². The Balaban J connectivity index is 1.65. The molecule has 0 amide bonds. The molecule has 4 bridgehead atoms. The second kappa shape index (κ2) is 5.15. The van der Waals surface area contributed by atoms with Gasteiger partial charge in [-0.1, -0.05) is 26.7 Å². The van der Waals surface area contributed by atoms with E-state index in [1.807, 2.05) is 0 Å². The van der Waals surface area contributed by atoms with Crippen molar-refractivity contribution in [2.45, 2.75) is 71.3 Å². The summed E-state index contributed by atoms with van der Waals surface area (Å²) < 4.78 is 0. The minimum Gasteiger partial charge on any atom is -0.393 e. The summed E-state index contributed by atoms with van der Waals surface area (Å²) in [4.78, 5) is 0. The number of rotatable bonds is 5. The summed E-state index contributed by atoms with van der Waals surface area (Å²) in [6.45, 7) is 4.55. The maximum Gasteiger partial charge on any atom is 0.0576 e. The van der Waals surface area contributed by atoms with E-state index in [1.165, 1.54) is 44.9 Å². The third-order valence-corrected chi connectivity index (χ3v) is 6.47. The number of hydrogen-bond donors (Lipinski definition) is 1. The largest absolute Gasteiger partial charge is 0.393 e. The van der Waals surface area contributed by atoms with Crippen LogP contribution >= 0.6 is 0 Å². The molecular weight excluding hydrogens is 220 g/mol. The predicted octanol–water partition coefficient (Wildman–Crippen LogP) is 4.25. The number of aliphatic hydroxyl groups is 1. The lowest BCUT2D eigenvalue weighted by atomic mass is 9.50. The van der Waals surface area contributed by atoms with E-state index in [1.54, 1.807) is 0 Å². The molecule has 0 heterocycles. The van der Waals surface area contributed by atoms with Crippen LogP contribution < -0.4 is 0 Å². The Bertz CT molecular complexity index is 253.